The largest absolute Gasteiger partial charge is 0.496 e. The molecule has 0 fully saturated rings. The molecule has 0 spiro atoms. The highest BCUT2D eigenvalue weighted by molar-refractivity contribution is 6.33. The zero-order valence-corrected chi connectivity index (χ0v) is 17.5. The third-order valence-corrected chi connectivity index (χ3v) is 3.94. The van der Waals surface area contributed by atoms with Gasteiger partial charge in [0.15, 0.2) is 0 Å². The summed E-state index contributed by atoms with van der Waals surface area (Å²) in [7, 11) is 5.49. The molecule has 0 heterocycles. The van der Waals surface area contributed by atoms with E-state index in [-0.39, 0.29) is 30.7 Å². The lowest BCUT2D eigenvalue weighted by atomic mass is 10.1. The van der Waals surface area contributed by atoms with E-state index >= 15 is 0 Å². The minimum atomic E-state index is -0.293. The molecule has 0 aromatic heterocycles. The predicted octanol–water partition coefficient (Wildman–Crippen LogP) is 4.40. The van der Waals surface area contributed by atoms with E-state index in [0.717, 1.165) is 23.4 Å². The van der Waals surface area contributed by atoms with Gasteiger partial charge >= 0.3 is 0 Å². The Morgan fingerprint density at radius 1 is 1.23 bits per heavy atom. The van der Waals surface area contributed by atoms with Gasteiger partial charge in [-0.2, -0.15) is 0 Å². The van der Waals surface area contributed by atoms with Gasteiger partial charge in [0.25, 0.3) is 5.91 Å². The molecular weight excluding hydrogens is 397 g/mol. The second-order valence-corrected chi connectivity index (χ2v) is 6.32. The van der Waals surface area contributed by atoms with E-state index in [4.69, 9.17) is 22.1 Å². The van der Waals surface area contributed by atoms with Gasteiger partial charge in [-0.15, -0.1) is 24.8 Å². The van der Waals surface area contributed by atoms with E-state index < -0.39 is 0 Å². The van der Waals surface area contributed by atoms with E-state index in [2.05, 4.69) is 10.2 Å². The van der Waals surface area contributed by atoms with Crippen LogP contribution in [0.5, 0.6) is 5.75 Å². The summed E-state index contributed by atoms with van der Waals surface area (Å²) >= 11 is 6.04. The van der Waals surface area contributed by atoms with Gasteiger partial charge in [0.2, 0.25) is 0 Å². The Morgan fingerprint density at radius 2 is 1.88 bits per heavy atom. The molecule has 0 aliphatic carbocycles. The molecule has 5 nitrogen and oxygen atoms in total. The lowest BCUT2D eigenvalue weighted by Gasteiger charge is -2.15. The number of nitrogens with two attached hydrogens (primary N) is 1. The van der Waals surface area contributed by atoms with Crippen molar-refractivity contribution in [3.8, 4) is 5.75 Å². The Hall–Kier alpha value is -1.66. The Kier molecular flexibility index (Phi) is 9.81. The van der Waals surface area contributed by atoms with E-state index in [1.807, 2.05) is 39.2 Å². The monoisotopic (exact) mass is 419 g/mol. The number of nitrogens with one attached hydrogen (secondary N) is 1. The molecule has 3 N–H and O–H groups in total. The van der Waals surface area contributed by atoms with Gasteiger partial charge in [-0.1, -0.05) is 23.7 Å². The first-order valence-corrected chi connectivity index (χ1v) is 7.88. The summed E-state index contributed by atoms with van der Waals surface area (Å²) in [6.07, 6.45) is 0. The molecule has 26 heavy (non-hydrogen) atoms. The van der Waals surface area contributed by atoms with Crippen molar-refractivity contribution in [1.29, 1.82) is 0 Å². The summed E-state index contributed by atoms with van der Waals surface area (Å²) in [5.74, 6) is 0.0929. The van der Waals surface area contributed by atoms with Gasteiger partial charge < -0.3 is 20.7 Å². The van der Waals surface area contributed by atoms with Crippen molar-refractivity contribution in [3.05, 3.63) is 52.0 Å². The number of amides is 1. The first-order valence-electron chi connectivity index (χ1n) is 7.50. The van der Waals surface area contributed by atoms with Gasteiger partial charge in [0.05, 0.1) is 23.4 Å². The fourth-order valence-corrected chi connectivity index (χ4v) is 2.54. The van der Waals surface area contributed by atoms with Crippen molar-refractivity contribution in [2.75, 3.05) is 32.3 Å². The summed E-state index contributed by atoms with van der Waals surface area (Å²) in [6.45, 7) is 2.74. The Bertz CT molecular complexity index is 768. The molecule has 2 rings (SSSR count). The van der Waals surface area contributed by atoms with Crippen LogP contribution in [0.25, 0.3) is 0 Å². The van der Waals surface area contributed by atoms with E-state index in [1.165, 1.54) is 13.2 Å². The van der Waals surface area contributed by atoms with Crippen LogP contribution in [-0.4, -0.2) is 32.0 Å². The lowest BCUT2D eigenvalue weighted by molar-refractivity contribution is 0.102. The van der Waals surface area contributed by atoms with Crippen molar-refractivity contribution in [2.45, 2.75) is 13.5 Å². The normalized spacial score (nSPS) is 9.92. The van der Waals surface area contributed by atoms with E-state index in [0.29, 0.717) is 22.0 Å². The molecule has 0 saturated heterocycles. The zero-order valence-electron chi connectivity index (χ0n) is 15.1. The number of carbonyl (C=O) groups is 1. The molecule has 144 valence electrons. The van der Waals surface area contributed by atoms with Crippen LogP contribution in [0.2, 0.25) is 5.02 Å². The minimum absolute atomic E-state index is 0. The van der Waals surface area contributed by atoms with Gasteiger partial charge in [-0.3, -0.25) is 4.79 Å². The SMILES string of the molecule is COc1cc(N)c(Cl)cc1C(=O)Nc1cc(CN(C)C)ccc1C.Cl.Cl. The van der Waals surface area contributed by atoms with Gasteiger partial charge in [-0.25, -0.2) is 0 Å². The number of hydrogen-bond acceptors (Lipinski definition) is 4. The fourth-order valence-electron chi connectivity index (χ4n) is 2.37. The molecule has 2 aromatic carbocycles. The van der Waals surface area contributed by atoms with Crippen LogP contribution >= 0.6 is 36.4 Å². The smallest absolute Gasteiger partial charge is 0.259 e. The highest BCUT2D eigenvalue weighted by Crippen LogP contribution is 2.30. The summed E-state index contributed by atoms with van der Waals surface area (Å²) < 4.78 is 5.24. The Morgan fingerprint density at radius 3 is 2.46 bits per heavy atom. The maximum atomic E-state index is 12.6. The van der Waals surface area contributed by atoms with Crippen LogP contribution < -0.4 is 15.8 Å². The van der Waals surface area contributed by atoms with E-state index in [1.54, 1.807) is 6.07 Å². The number of nitrogens with zero attached hydrogens (tertiary/aromatic N) is 1. The quantitative estimate of drug-likeness (QED) is 0.704. The van der Waals surface area contributed by atoms with E-state index in [9.17, 15) is 4.79 Å². The number of carbonyl (C=O) groups excluding carboxylic acids is 1. The molecule has 0 radical (unpaired) electrons. The van der Waals surface area contributed by atoms with Crippen LogP contribution in [0, 0.1) is 6.92 Å². The molecule has 2 aromatic rings. The lowest BCUT2D eigenvalue weighted by Crippen LogP contribution is -2.15. The van der Waals surface area contributed by atoms with Crippen LogP contribution in [0.4, 0.5) is 11.4 Å². The molecular formula is C18H24Cl3N3O2. The molecule has 0 saturated carbocycles. The number of ether oxygens (including phenoxy) is 1. The summed E-state index contributed by atoms with van der Waals surface area (Å²) in [5.41, 5.74) is 9.32. The number of halogens is 3. The van der Waals surface area contributed by atoms with Crippen LogP contribution in [0.1, 0.15) is 21.5 Å². The molecule has 0 aliphatic heterocycles. The molecule has 0 bridgehead atoms. The maximum Gasteiger partial charge on any atom is 0.259 e. The van der Waals surface area contributed by atoms with Crippen LogP contribution in [0.15, 0.2) is 30.3 Å². The molecule has 0 unspecified atom stereocenters. The third-order valence-electron chi connectivity index (χ3n) is 3.61. The first-order chi connectivity index (χ1) is 11.3. The van der Waals surface area contributed by atoms with Crippen molar-refractivity contribution in [1.82, 2.24) is 4.90 Å². The average Bonchev–Trinajstić information content (AvgIpc) is 2.52. The number of methoxy groups -OCH3 is 1. The minimum Gasteiger partial charge on any atom is -0.496 e. The fraction of sp³-hybridized carbons (Fsp3) is 0.278. The number of nitrogen functional groups attached to an aromatic ring is 1. The standard InChI is InChI=1S/C18H22ClN3O2.2ClH/c1-11-5-6-12(10-22(2)3)7-16(11)21-18(23)13-8-14(19)15(20)9-17(13)24-4;;/h5-9H,10,20H2,1-4H3,(H,21,23);2*1H. The first kappa shape index (κ1) is 24.3. The molecule has 0 aliphatic rings. The second kappa shape index (κ2) is 10.5. The summed E-state index contributed by atoms with van der Waals surface area (Å²) in [6, 6.07) is 9.07. The number of aryl methyl sites for hydroxylation is 1. The second-order valence-electron chi connectivity index (χ2n) is 5.92. The van der Waals surface area contributed by atoms with Crippen molar-refractivity contribution in [2.24, 2.45) is 0 Å². The van der Waals surface area contributed by atoms with Gasteiger partial charge in [-0.05, 0) is 44.3 Å². The summed E-state index contributed by atoms with van der Waals surface area (Å²) in [5, 5.41) is 3.24. The zero-order chi connectivity index (χ0) is 17.9. The van der Waals surface area contributed by atoms with Gasteiger partial charge in [0, 0.05) is 18.3 Å². The topological polar surface area (TPSA) is 67.6 Å². The highest BCUT2D eigenvalue weighted by atomic mass is 35.5. The predicted molar refractivity (Wildman–Crippen MR) is 113 cm³/mol. The average molecular weight is 421 g/mol. The van der Waals surface area contributed by atoms with Crippen molar-refractivity contribution < 1.29 is 9.53 Å². The number of anilines is 2. The Balaban J connectivity index is 0.00000312. The number of hydrogen-bond donors (Lipinski definition) is 2. The van der Waals surface area contributed by atoms with Gasteiger partial charge in [0.1, 0.15) is 5.75 Å². The van der Waals surface area contributed by atoms with Crippen LogP contribution in [0.3, 0.4) is 0 Å². The van der Waals surface area contributed by atoms with Crippen LogP contribution in [-0.2, 0) is 6.54 Å². The van der Waals surface area contributed by atoms with Crippen molar-refractivity contribution in [3.63, 3.8) is 0 Å². The third kappa shape index (κ3) is 5.95. The highest BCUT2D eigenvalue weighted by Gasteiger charge is 2.16. The number of benzene rings is 2. The number of rotatable bonds is 5. The Labute approximate surface area is 171 Å². The molecule has 8 heteroatoms. The molecule has 1 amide bonds. The van der Waals surface area contributed by atoms with Crippen molar-refractivity contribution >= 4 is 53.7 Å². The summed E-state index contributed by atoms with van der Waals surface area (Å²) in [4.78, 5) is 14.7. The molecule has 0 atom stereocenters. The maximum absolute atomic E-state index is 12.6.